The molecular weight excluding hydrogens is 188 g/mol. The van der Waals surface area contributed by atoms with Gasteiger partial charge in [-0.1, -0.05) is 13.0 Å². The minimum absolute atomic E-state index is 0.0745. The maximum absolute atomic E-state index is 11.7. The quantitative estimate of drug-likeness (QED) is 0.820. The maximum Gasteiger partial charge on any atom is 0.252 e. The van der Waals surface area contributed by atoms with Gasteiger partial charge in [0.25, 0.3) is 5.56 Å². The zero-order chi connectivity index (χ0) is 10.7. The van der Waals surface area contributed by atoms with Crippen molar-refractivity contribution in [3.05, 3.63) is 34.2 Å². The van der Waals surface area contributed by atoms with Crippen LogP contribution in [0, 0.1) is 0 Å². The highest BCUT2D eigenvalue weighted by atomic mass is 16.1. The summed E-state index contributed by atoms with van der Waals surface area (Å²) in [5.41, 5.74) is 1.01. The SMILES string of the molecule is CCCN1CCCC1c1ccc[nH]c1=O. The van der Waals surface area contributed by atoms with Crippen molar-refractivity contribution in [2.24, 2.45) is 0 Å². The summed E-state index contributed by atoms with van der Waals surface area (Å²) in [4.78, 5) is 16.9. The third-order valence-electron chi connectivity index (χ3n) is 3.08. The lowest BCUT2D eigenvalue weighted by Crippen LogP contribution is -2.28. The van der Waals surface area contributed by atoms with Crippen LogP contribution in [-0.2, 0) is 0 Å². The third-order valence-corrected chi connectivity index (χ3v) is 3.08. The zero-order valence-corrected chi connectivity index (χ0v) is 9.20. The minimum atomic E-state index is 0.0745. The summed E-state index contributed by atoms with van der Waals surface area (Å²) in [6.07, 6.45) is 5.18. The number of nitrogens with zero attached hydrogens (tertiary/aromatic N) is 1. The Hall–Kier alpha value is -1.09. The van der Waals surface area contributed by atoms with E-state index in [-0.39, 0.29) is 5.56 Å². The van der Waals surface area contributed by atoms with Crippen molar-refractivity contribution in [3.8, 4) is 0 Å². The average Bonchev–Trinajstić information content (AvgIpc) is 2.67. The molecule has 0 aliphatic carbocycles. The second kappa shape index (κ2) is 4.62. The molecule has 3 heteroatoms. The van der Waals surface area contributed by atoms with Gasteiger partial charge in [0, 0.05) is 17.8 Å². The van der Waals surface area contributed by atoms with E-state index in [0.717, 1.165) is 31.5 Å². The summed E-state index contributed by atoms with van der Waals surface area (Å²) in [5, 5.41) is 0. The van der Waals surface area contributed by atoms with Crippen molar-refractivity contribution in [1.82, 2.24) is 9.88 Å². The number of aromatic amines is 1. The highest BCUT2D eigenvalue weighted by Crippen LogP contribution is 2.29. The van der Waals surface area contributed by atoms with Gasteiger partial charge >= 0.3 is 0 Å². The summed E-state index contributed by atoms with van der Waals surface area (Å²) in [7, 11) is 0. The lowest BCUT2D eigenvalue weighted by atomic mass is 10.1. The number of hydrogen-bond acceptors (Lipinski definition) is 2. The van der Waals surface area contributed by atoms with Crippen LogP contribution < -0.4 is 5.56 Å². The largest absolute Gasteiger partial charge is 0.329 e. The Morgan fingerprint density at radius 2 is 2.47 bits per heavy atom. The molecule has 0 saturated carbocycles. The van der Waals surface area contributed by atoms with E-state index in [1.807, 2.05) is 12.1 Å². The molecule has 1 aliphatic rings. The van der Waals surface area contributed by atoms with Crippen LogP contribution in [0.15, 0.2) is 23.1 Å². The van der Waals surface area contributed by atoms with E-state index in [0.29, 0.717) is 6.04 Å². The Morgan fingerprint density at radius 1 is 1.60 bits per heavy atom. The van der Waals surface area contributed by atoms with Crippen LogP contribution in [0.2, 0.25) is 0 Å². The molecule has 1 saturated heterocycles. The van der Waals surface area contributed by atoms with E-state index in [1.54, 1.807) is 6.20 Å². The third kappa shape index (κ3) is 2.12. The summed E-state index contributed by atoms with van der Waals surface area (Å²) < 4.78 is 0. The van der Waals surface area contributed by atoms with Crippen LogP contribution in [-0.4, -0.2) is 23.0 Å². The molecular formula is C12H18N2O. The molecule has 1 fully saturated rings. The Morgan fingerprint density at radius 3 is 3.20 bits per heavy atom. The monoisotopic (exact) mass is 206 g/mol. The van der Waals surface area contributed by atoms with Crippen LogP contribution in [0.5, 0.6) is 0 Å². The van der Waals surface area contributed by atoms with Crippen LogP contribution in [0.1, 0.15) is 37.8 Å². The fraction of sp³-hybridized carbons (Fsp3) is 0.583. The molecule has 0 aromatic carbocycles. The summed E-state index contributed by atoms with van der Waals surface area (Å²) in [5.74, 6) is 0. The van der Waals surface area contributed by atoms with Gasteiger partial charge in [-0.2, -0.15) is 0 Å². The van der Waals surface area contributed by atoms with E-state index >= 15 is 0 Å². The van der Waals surface area contributed by atoms with Gasteiger partial charge in [-0.25, -0.2) is 0 Å². The van der Waals surface area contributed by atoms with Crippen molar-refractivity contribution < 1.29 is 0 Å². The first-order valence-electron chi connectivity index (χ1n) is 5.74. The van der Waals surface area contributed by atoms with Gasteiger partial charge < -0.3 is 4.98 Å². The molecule has 0 amide bonds. The maximum atomic E-state index is 11.7. The molecule has 1 N–H and O–H groups in total. The highest BCUT2D eigenvalue weighted by molar-refractivity contribution is 5.15. The number of H-pyrrole nitrogens is 1. The van der Waals surface area contributed by atoms with Crippen molar-refractivity contribution in [2.75, 3.05) is 13.1 Å². The number of nitrogens with one attached hydrogen (secondary N) is 1. The molecule has 3 nitrogen and oxygen atoms in total. The topological polar surface area (TPSA) is 36.1 Å². The number of pyridine rings is 1. The van der Waals surface area contributed by atoms with Crippen LogP contribution in [0.25, 0.3) is 0 Å². The van der Waals surface area contributed by atoms with Gasteiger partial charge in [0.2, 0.25) is 0 Å². The second-order valence-corrected chi connectivity index (χ2v) is 4.15. The predicted octanol–water partition coefficient (Wildman–Crippen LogP) is 1.92. The van der Waals surface area contributed by atoms with E-state index in [9.17, 15) is 4.79 Å². The van der Waals surface area contributed by atoms with Crippen LogP contribution in [0.4, 0.5) is 0 Å². The van der Waals surface area contributed by atoms with E-state index < -0.39 is 0 Å². The van der Waals surface area contributed by atoms with Crippen LogP contribution >= 0.6 is 0 Å². The lowest BCUT2D eigenvalue weighted by molar-refractivity contribution is 0.256. The zero-order valence-electron chi connectivity index (χ0n) is 9.20. The molecule has 1 unspecified atom stereocenters. The molecule has 1 aromatic rings. The number of likely N-dealkylation sites (tertiary alicyclic amines) is 1. The van der Waals surface area contributed by atoms with Crippen molar-refractivity contribution >= 4 is 0 Å². The molecule has 1 atom stereocenters. The summed E-state index contributed by atoms with van der Waals surface area (Å²) in [6.45, 7) is 4.41. The van der Waals surface area contributed by atoms with Gasteiger partial charge in [-0.15, -0.1) is 0 Å². The first-order chi connectivity index (χ1) is 7.33. The summed E-state index contributed by atoms with van der Waals surface area (Å²) in [6, 6.07) is 4.21. The van der Waals surface area contributed by atoms with Crippen molar-refractivity contribution in [3.63, 3.8) is 0 Å². The van der Waals surface area contributed by atoms with Gasteiger partial charge in [0.1, 0.15) is 0 Å². The first-order valence-corrected chi connectivity index (χ1v) is 5.74. The molecule has 0 spiro atoms. The van der Waals surface area contributed by atoms with Crippen LogP contribution in [0.3, 0.4) is 0 Å². The van der Waals surface area contributed by atoms with Gasteiger partial charge in [-0.05, 0) is 38.4 Å². The number of rotatable bonds is 3. The van der Waals surface area contributed by atoms with E-state index in [4.69, 9.17) is 0 Å². The molecule has 1 aromatic heterocycles. The van der Waals surface area contributed by atoms with Gasteiger partial charge in [-0.3, -0.25) is 9.69 Å². The smallest absolute Gasteiger partial charge is 0.252 e. The molecule has 15 heavy (non-hydrogen) atoms. The molecule has 2 heterocycles. The number of aromatic nitrogens is 1. The Balaban J connectivity index is 2.23. The average molecular weight is 206 g/mol. The lowest BCUT2D eigenvalue weighted by Gasteiger charge is -2.23. The predicted molar refractivity (Wildman–Crippen MR) is 60.9 cm³/mol. The fourth-order valence-electron chi connectivity index (χ4n) is 2.43. The van der Waals surface area contributed by atoms with E-state index in [1.165, 1.54) is 6.42 Å². The Bertz CT molecular complexity index is 372. The fourth-order valence-corrected chi connectivity index (χ4v) is 2.43. The second-order valence-electron chi connectivity index (χ2n) is 4.15. The van der Waals surface area contributed by atoms with Gasteiger partial charge in [0.15, 0.2) is 0 Å². The van der Waals surface area contributed by atoms with Crippen molar-refractivity contribution in [2.45, 2.75) is 32.2 Å². The van der Waals surface area contributed by atoms with Crippen molar-refractivity contribution in [1.29, 1.82) is 0 Å². The van der Waals surface area contributed by atoms with E-state index in [2.05, 4.69) is 16.8 Å². The normalized spacial score (nSPS) is 22.1. The standard InChI is InChI=1S/C12H18N2O/c1-2-8-14-9-4-6-11(14)10-5-3-7-13-12(10)15/h3,5,7,11H,2,4,6,8-9H2,1H3,(H,13,15). The highest BCUT2D eigenvalue weighted by Gasteiger charge is 2.26. The minimum Gasteiger partial charge on any atom is -0.329 e. The first kappa shape index (κ1) is 10.4. The Labute approximate surface area is 90.1 Å². The molecule has 0 radical (unpaired) electrons. The number of hydrogen-bond donors (Lipinski definition) is 1. The molecule has 1 aliphatic heterocycles. The molecule has 2 rings (SSSR count). The molecule has 0 bridgehead atoms. The Kier molecular flexibility index (Phi) is 3.21. The summed E-state index contributed by atoms with van der Waals surface area (Å²) >= 11 is 0. The van der Waals surface area contributed by atoms with Gasteiger partial charge in [0.05, 0.1) is 0 Å². The molecule has 82 valence electrons.